The average Bonchev–Trinajstić information content (AvgIpc) is 2.66. The predicted molar refractivity (Wildman–Crippen MR) is 108 cm³/mol. The predicted octanol–water partition coefficient (Wildman–Crippen LogP) is 2.53. The van der Waals surface area contributed by atoms with Gasteiger partial charge in [-0.25, -0.2) is 4.39 Å². The van der Waals surface area contributed by atoms with Crippen molar-refractivity contribution >= 4 is 29.1 Å². The van der Waals surface area contributed by atoms with E-state index < -0.39 is 0 Å². The molecule has 0 spiro atoms. The first-order valence-corrected chi connectivity index (χ1v) is 9.31. The molecule has 152 valence electrons. The van der Waals surface area contributed by atoms with Crippen molar-refractivity contribution in [3.05, 3.63) is 59.4 Å². The molecule has 1 aliphatic heterocycles. The maximum absolute atomic E-state index is 13.7. The zero-order chi connectivity index (χ0) is 21.0. The van der Waals surface area contributed by atoms with Crippen LogP contribution in [0.4, 0.5) is 15.8 Å². The number of nitrogens with zero attached hydrogens (tertiary/aromatic N) is 1. The number of carbonyl (C=O) groups excluding carboxylic acids is 3. The maximum atomic E-state index is 13.7. The first-order chi connectivity index (χ1) is 13.8. The summed E-state index contributed by atoms with van der Waals surface area (Å²) in [6, 6.07) is 10.6. The minimum absolute atomic E-state index is 0.264. The number of nitrogens with one attached hydrogen (secondary N) is 3. The van der Waals surface area contributed by atoms with Crippen molar-refractivity contribution in [1.82, 2.24) is 10.2 Å². The van der Waals surface area contributed by atoms with E-state index in [2.05, 4.69) is 16.0 Å². The molecule has 3 amide bonds. The normalized spacial score (nSPS) is 16.2. The highest BCUT2D eigenvalue weighted by atomic mass is 19.1. The van der Waals surface area contributed by atoms with Crippen molar-refractivity contribution in [2.45, 2.75) is 19.9 Å². The molecule has 1 heterocycles. The van der Waals surface area contributed by atoms with Crippen molar-refractivity contribution in [3.63, 3.8) is 0 Å². The summed E-state index contributed by atoms with van der Waals surface area (Å²) < 4.78 is 13.7. The molecule has 0 aromatic heterocycles. The van der Waals surface area contributed by atoms with E-state index >= 15 is 0 Å². The van der Waals surface area contributed by atoms with E-state index in [-0.39, 0.29) is 29.6 Å². The second-order valence-electron chi connectivity index (χ2n) is 6.93. The number of hydrogen-bond acceptors (Lipinski definition) is 4. The number of carbonyl (C=O) groups is 3. The van der Waals surface area contributed by atoms with Crippen LogP contribution < -0.4 is 16.0 Å². The standard InChI is InChI=1S/C21H23FN4O3/c1-13(27)24-18-9-16(10-19(11-18)25-14(2)28)21(29)26-7-6-23-12-20(26)15-4-3-5-17(22)8-15/h3-5,8-11,20,23H,6-7,12H2,1-2H3,(H,24,27)(H,25,28). The monoisotopic (exact) mass is 398 g/mol. The van der Waals surface area contributed by atoms with E-state index in [0.29, 0.717) is 42.1 Å². The van der Waals surface area contributed by atoms with Crippen LogP contribution in [-0.2, 0) is 9.59 Å². The summed E-state index contributed by atoms with van der Waals surface area (Å²) in [5.41, 5.74) is 1.84. The smallest absolute Gasteiger partial charge is 0.254 e. The third kappa shape index (κ3) is 5.17. The fourth-order valence-corrected chi connectivity index (χ4v) is 3.43. The molecule has 1 atom stereocenters. The van der Waals surface area contributed by atoms with Crippen molar-refractivity contribution < 1.29 is 18.8 Å². The Bertz CT molecular complexity index is 913. The molecule has 2 aromatic rings. The minimum Gasteiger partial charge on any atom is -0.329 e. The molecule has 7 nitrogen and oxygen atoms in total. The largest absolute Gasteiger partial charge is 0.329 e. The van der Waals surface area contributed by atoms with Gasteiger partial charge in [0.1, 0.15) is 5.82 Å². The van der Waals surface area contributed by atoms with E-state index in [1.807, 2.05) is 0 Å². The quantitative estimate of drug-likeness (QED) is 0.738. The van der Waals surface area contributed by atoms with Gasteiger partial charge in [0.2, 0.25) is 11.8 Å². The van der Waals surface area contributed by atoms with Crippen LogP contribution in [0.1, 0.15) is 35.8 Å². The van der Waals surface area contributed by atoms with E-state index in [4.69, 9.17) is 0 Å². The molecular formula is C21H23FN4O3. The van der Waals surface area contributed by atoms with Crippen LogP contribution in [0.25, 0.3) is 0 Å². The molecule has 29 heavy (non-hydrogen) atoms. The molecule has 0 saturated carbocycles. The third-order valence-electron chi connectivity index (χ3n) is 4.56. The molecule has 0 aliphatic carbocycles. The van der Waals surface area contributed by atoms with Gasteiger partial charge >= 0.3 is 0 Å². The zero-order valence-electron chi connectivity index (χ0n) is 16.3. The minimum atomic E-state index is -0.360. The van der Waals surface area contributed by atoms with E-state index in [1.165, 1.54) is 26.0 Å². The van der Waals surface area contributed by atoms with Crippen molar-refractivity contribution in [2.75, 3.05) is 30.3 Å². The fraction of sp³-hybridized carbons (Fsp3) is 0.286. The summed E-state index contributed by atoms with van der Waals surface area (Å²) in [4.78, 5) is 37.9. The lowest BCUT2D eigenvalue weighted by Gasteiger charge is -2.36. The SMILES string of the molecule is CC(=O)Nc1cc(NC(C)=O)cc(C(=O)N2CCNCC2c2cccc(F)c2)c1. The summed E-state index contributed by atoms with van der Waals surface area (Å²) in [7, 11) is 0. The lowest BCUT2D eigenvalue weighted by atomic mass is 10.0. The van der Waals surface area contributed by atoms with Gasteiger partial charge in [-0.3, -0.25) is 14.4 Å². The van der Waals surface area contributed by atoms with E-state index in [1.54, 1.807) is 35.2 Å². The van der Waals surface area contributed by atoms with Gasteiger partial charge in [0.25, 0.3) is 5.91 Å². The van der Waals surface area contributed by atoms with Gasteiger partial charge in [-0.05, 0) is 35.9 Å². The second-order valence-corrected chi connectivity index (χ2v) is 6.93. The molecule has 3 rings (SSSR count). The maximum Gasteiger partial charge on any atom is 0.254 e. The summed E-state index contributed by atoms with van der Waals surface area (Å²) in [5.74, 6) is -1.20. The topological polar surface area (TPSA) is 90.5 Å². The summed E-state index contributed by atoms with van der Waals surface area (Å²) >= 11 is 0. The van der Waals surface area contributed by atoms with Crippen LogP contribution in [0.2, 0.25) is 0 Å². The number of anilines is 2. The van der Waals surface area contributed by atoms with Crippen LogP contribution in [0.15, 0.2) is 42.5 Å². The fourth-order valence-electron chi connectivity index (χ4n) is 3.43. The molecule has 1 aliphatic rings. The summed E-state index contributed by atoms with van der Waals surface area (Å²) in [5, 5.41) is 8.52. The number of rotatable bonds is 4. The Morgan fingerprint density at radius 1 is 1.03 bits per heavy atom. The van der Waals surface area contributed by atoms with Gasteiger partial charge in [-0.15, -0.1) is 0 Å². The molecule has 8 heteroatoms. The molecule has 1 saturated heterocycles. The summed E-state index contributed by atoms with van der Waals surface area (Å²) in [6.07, 6.45) is 0. The average molecular weight is 398 g/mol. The highest BCUT2D eigenvalue weighted by Gasteiger charge is 2.29. The molecule has 1 fully saturated rings. The van der Waals surface area contributed by atoms with E-state index in [0.717, 1.165) is 0 Å². The highest BCUT2D eigenvalue weighted by molar-refractivity contribution is 6.00. The summed E-state index contributed by atoms with van der Waals surface area (Å²) in [6.45, 7) is 4.28. The Labute approximate surface area is 168 Å². The first kappa shape index (κ1) is 20.5. The van der Waals surface area contributed by atoms with Gasteiger partial charge in [0, 0.05) is 50.4 Å². The van der Waals surface area contributed by atoms with Crippen LogP contribution in [-0.4, -0.2) is 42.3 Å². The van der Waals surface area contributed by atoms with Crippen LogP contribution >= 0.6 is 0 Å². The molecule has 3 N–H and O–H groups in total. The number of halogens is 1. The van der Waals surface area contributed by atoms with Crippen molar-refractivity contribution in [2.24, 2.45) is 0 Å². The van der Waals surface area contributed by atoms with Gasteiger partial charge in [0.05, 0.1) is 6.04 Å². The Hall–Kier alpha value is -3.26. The Morgan fingerprint density at radius 2 is 1.69 bits per heavy atom. The zero-order valence-corrected chi connectivity index (χ0v) is 16.3. The van der Waals surface area contributed by atoms with E-state index in [9.17, 15) is 18.8 Å². The third-order valence-corrected chi connectivity index (χ3v) is 4.56. The lowest BCUT2D eigenvalue weighted by molar-refractivity contribution is -0.115. The molecule has 0 radical (unpaired) electrons. The lowest BCUT2D eigenvalue weighted by Crippen LogP contribution is -2.48. The van der Waals surface area contributed by atoms with Gasteiger partial charge in [-0.1, -0.05) is 12.1 Å². The molecule has 2 aromatic carbocycles. The molecule has 0 bridgehead atoms. The molecular weight excluding hydrogens is 375 g/mol. The number of benzene rings is 2. The number of hydrogen-bond donors (Lipinski definition) is 3. The highest BCUT2D eigenvalue weighted by Crippen LogP contribution is 2.27. The van der Waals surface area contributed by atoms with Crippen LogP contribution in [0.5, 0.6) is 0 Å². The Morgan fingerprint density at radius 3 is 2.28 bits per heavy atom. The number of piperazine rings is 1. The van der Waals surface area contributed by atoms with Gasteiger partial charge in [0.15, 0.2) is 0 Å². The Balaban J connectivity index is 1.95. The number of amides is 3. The van der Waals surface area contributed by atoms with Crippen molar-refractivity contribution in [1.29, 1.82) is 0 Å². The molecule has 1 unspecified atom stereocenters. The van der Waals surface area contributed by atoms with Gasteiger partial charge < -0.3 is 20.9 Å². The Kier molecular flexibility index (Phi) is 6.23. The van der Waals surface area contributed by atoms with Crippen LogP contribution in [0.3, 0.4) is 0 Å². The van der Waals surface area contributed by atoms with Gasteiger partial charge in [-0.2, -0.15) is 0 Å². The van der Waals surface area contributed by atoms with Crippen LogP contribution in [0, 0.1) is 5.82 Å². The second kappa shape index (κ2) is 8.83. The first-order valence-electron chi connectivity index (χ1n) is 9.31. The van der Waals surface area contributed by atoms with Crippen molar-refractivity contribution in [3.8, 4) is 0 Å².